The minimum Gasteiger partial charge on any atom is -0.481 e. The summed E-state index contributed by atoms with van der Waals surface area (Å²) in [5.41, 5.74) is -0.120. The maximum atomic E-state index is 12.0. The molecule has 1 unspecified atom stereocenters. The Labute approximate surface area is 119 Å². The summed E-state index contributed by atoms with van der Waals surface area (Å²) in [5.74, 6) is -2.17. The molecule has 1 N–H and O–H groups in total. The molecule has 0 aromatic heterocycles. The highest BCUT2D eigenvalue weighted by Crippen LogP contribution is 2.25. The first-order valence-corrected chi connectivity index (χ1v) is 6.04. The van der Waals surface area contributed by atoms with Crippen molar-refractivity contribution in [3.63, 3.8) is 0 Å². The molecule has 0 saturated carbocycles. The van der Waals surface area contributed by atoms with E-state index in [1.807, 2.05) is 0 Å². The number of halogens is 1. The lowest BCUT2D eigenvalue weighted by Gasteiger charge is -2.19. The summed E-state index contributed by atoms with van der Waals surface area (Å²) in [4.78, 5) is 34.0. The number of hydrogen-bond acceptors (Lipinski definition) is 4. The van der Waals surface area contributed by atoms with E-state index in [1.165, 1.54) is 31.0 Å². The molecule has 20 heavy (non-hydrogen) atoms. The Bertz CT molecular complexity index is 561. The van der Waals surface area contributed by atoms with Crippen LogP contribution in [-0.2, 0) is 4.79 Å². The van der Waals surface area contributed by atoms with Gasteiger partial charge in [-0.1, -0.05) is 18.5 Å². The van der Waals surface area contributed by atoms with Crippen LogP contribution in [0.1, 0.15) is 17.3 Å². The van der Waals surface area contributed by atoms with Crippen molar-refractivity contribution in [2.45, 2.75) is 6.92 Å². The van der Waals surface area contributed by atoms with Crippen LogP contribution in [0.25, 0.3) is 0 Å². The van der Waals surface area contributed by atoms with Crippen LogP contribution in [0.2, 0.25) is 5.02 Å². The third-order valence-electron chi connectivity index (χ3n) is 2.71. The molecule has 0 aliphatic heterocycles. The van der Waals surface area contributed by atoms with Crippen LogP contribution >= 0.6 is 11.6 Å². The monoisotopic (exact) mass is 300 g/mol. The molecule has 1 aromatic rings. The van der Waals surface area contributed by atoms with Gasteiger partial charge in [0.05, 0.1) is 10.8 Å². The van der Waals surface area contributed by atoms with E-state index in [1.54, 1.807) is 0 Å². The number of amides is 1. The zero-order chi connectivity index (χ0) is 15.4. The fourth-order valence-electron chi connectivity index (χ4n) is 1.58. The van der Waals surface area contributed by atoms with Crippen molar-refractivity contribution < 1.29 is 19.6 Å². The van der Waals surface area contributed by atoms with Gasteiger partial charge in [-0.15, -0.1) is 0 Å². The number of nitro groups is 1. The van der Waals surface area contributed by atoms with Crippen LogP contribution < -0.4 is 0 Å². The summed E-state index contributed by atoms with van der Waals surface area (Å²) < 4.78 is 0. The smallest absolute Gasteiger partial charge is 0.308 e. The van der Waals surface area contributed by atoms with Crippen molar-refractivity contribution in [1.29, 1.82) is 0 Å². The molecule has 0 heterocycles. The first-order chi connectivity index (χ1) is 9.23. The third-order valence-corrected chi connectivity index (χ3v) is 3.01. The van der Waals surface area contributed by atoms with Crippen molar-refractivity contribution in [3.8, 4) is 0 Å². The van der Waals surface area contributed by atoms with Crippen LogP contribution in [0.4, 0.5) is 5.69 Å². The molecule has 108 valence electrons. The lowest BCUT2D eigenvalue weighted by atomic mass is 10.1. The van der Waals surface area contributed by atoms with Gasteiger partial charge < -0.3 is 10.0 Å². The Hall–Kier alpha value is -2.15. The molecule has 8 heteroatoms. The zero-order valence-electron chi connectivity index (χ0n) is 10.9. The molecule has 0 radical (unpaired) electrons. The van der Waals surface area contributed by atoms with E-state index >= 15 is 0 Å². The number of carboxylic acid groups (broad SMARTS) is 1. The number of carbonyl (C=O) groups excluding carboxylic acids is 1. The Kier molecular flexibility index (Phi) is 5.04. The van der Waals surface area contributed by atoms with E-state index in [0.717, 1.165) is 6.07 Å². The minimum absolute atomic E-state index is 0.0305. The lowest BCUT2D eigenvalue weighted by Crippen LogP contribution is -2.33. The number of carbonyl (C=O) groups is 2. The molecule has 7 nitrogen and oxygen atoms in total. The minimum atomic E-state index is -1.01. The number of rotatable bonds is 5. The lowest BCUT2D eigenvalue weighted by molar-refractivity contribution is -0.384. The van der Waals surface area contributed by atoms with Crippen molar-refractivity contribution in [2.24, 2.45) is 5.92 Å². The summed E-state index contributed by atoms with van der Waals surface area (Å²) in [5, 5.41) is 19.3. The fourth-order valence-corrected chi connectivity index (χ4v) is 1.83. The second kappa shape index (κ2) is 6.33. The fraction of sp³-hybridized carbons (Fsp3) is 0.333. The molecule has 0 aliphatic carbocycles. The topological polar surface area (TPSA) is 101 Å². The molecule has 1 aromatic carbocycles. The summed E-state index contributed by atoms with van der Waals surface area (Å²) in [6.07, 6.45) is 0. The van der Waals surface area contributed by atoms with Gasteiger partial charge in [-0.05, 0) is 12.1 Å². The average Bonchev–Trinajstić information content (AvgIpc) is 2.36. The summed E-state index contributed by atoms with van der Waals surface area (Å²) >= 11 is 5.72. The molecular weight excluding hydrogens is 288 g/mol. The van der Waals surface area contributed by atoms with Gasteiger partial charge in [0.1, 0.15) is 5.02 Å². The largest absolute Gasteiger partial charge is 0.481 e. The van der Waals surface area contributed by atoms with E-state index in [4.69, 9.17) is 16.7 Å². The molecule has 0 bridgehead atoms. The maximum absolute atomic E-state index is 12.0. The van der Waals surface area contributed by atoms with Crippen molar-refractivity contribution in [2.75, 3.05) is 13.6 Å². The number of hydrogen-bond donors (Lipinski definition) is 1. The Morgan fingerprint density at radius 3 is 2.55 bits per heavy atom. The van der Waals surface area contributed by atoms with Gasteiger partial charge in [-0.25, -0.2) is 0 Å². The molecule has 1 rings (SSSR count). The maximum Gasteiger partial charge on any atom is 0.308 e. The molecule has 1 amide bonds. The SMILES string of the molecule is CC(CN(C)C(=O)c1ccc([N+](=O)[O-])c(Cl)c1)C(=O)O. The van der Waals surface area contributed by atoms with Crippen molar-refractivity contribution in [1.82, 2.24) is 4.90 Å². The highest BCUT2D eigenvalue weighted by atomic mass is 35.5. The van der Waals surface area contributed by atoms with E-state index in [2.05, 4.69) is 0 Å². The van der Waals surface area contributed by atoms with Gasteiger partial charge >= 0.3 is 5.97 Å². The number of nitro benzene ring substituents is 1. The Morgan fingerprint density at radius 2 is 2.10 bits per heavy atom. The van der Waals surface area contributed by atoms with E-state index in [9.17, 15) is 19.7 Å². The van der Waals surface area contributed by atoms with Gasteiger partial charge in [-0.2, -0.15) is 0 Å². The predicted octanol–water partition coefficient (Wildman–Crippen LogP) is 2.04. The Balaban J connectivity index is 2.90. The summed E-state index contributed by atoms with van der Waals surface area (Å²) in [6, 6.07) is 3.63. The Morgan fingerprint density at radius 1 is 1.50 bits per heavy atom. The standard InChI is InChI=1S/C12H13ClN2O5/c1-7(12(17)18)6-14(2)11(16)8-3-4-10(15(19)20)9(13)5-8/h3-5,7H,6H2,1-2H3,(H,17,18). The van der Waals surface area contributed by atoms with Gasteiger partial charge in [0, 0.05) is 25.2 Å². The van der Waals surface area contributed by atoms with Crippen LogP contribution in [0.3, 0.4) is 0 Å². The predicted molar refractivity (Wildman–Crippen MR) is 71.9 cm³/mol. The second-order valence-electron chi connectivity index (χ2n) is 4.35. The molecule has 1 atom stereocenters. The molecular formula is C12H13ClN2O5. The molecule has 0 aliphatic rings. The van der Waals surface area contributed by atoms with Gasteiger partial charge in [-0.3, -0.25) is 19.7 Å². The zero-order valence-corrected chi connectivity index (χ0v) is 11.6. The van der Waals surface area contributed by atoms with E-state index in [-0.39, 0.29) is 22.8 Å². The number of carboxylic acids is 1. The number of benzene rings is 1. The average molecular weight is 301 g/mol. The third kappa shape index (κ3) is 3.67. The number of nitrogens with zero attached hydrogens (tertiary/aromatic N) is 2. The summed E-state index contributed by atoms with van der Waals surface area (Å²) in [7, 11) is 1.46. The summed E-state index contributed by atoms with van der Waals surface area (Å²) in [6.45, 7) is 1.51. The van der Waals surface area contributed by atoms with Gasteiger partial charge in [0.15, 0.2) is 0 Å². The van der Waals surface area contributed by atoms with Crippen LogP contribution in [-0.4, -0.2) is 40.4 Å². The highest BCUT2D eigenvalue weighted by molar-refractivity contribution is 6.33. The van der Waals surface area contributed by atoms with Crippen molar-refractivity contribution in [3.05, 3.63) is 38.9 Å². The second-order valence-corrected chi connectivity index (χ2v) is 4.76. The molecule has 0 saturated heterocycles. The van der Waals surface area contributed by atoms with E-state index in [0.29, 0.717) is 0 Å². The highest BCUT2D eigenvalue weighted by Gasteiger charge is 2.20. The van der Waals surface area contributed by atoms with Gasteiger partial charge in [0.2, 0.25) is 0 Å². The normalized spacial score (nSPS) is 11.8. The van der Waals surface area contributed by atoms with Crippen LogP contribution in [0.5, 0.6) is 0 Å². The van der Waals surface area contributed by atoms with Crippen LogP contribution in [0.15, 0.2) is 18.2 Å². The number of aliphatic carboxylic acids is 1. The van der Waals surface area contributed by atoms with E-state index < -0.39 is 22.7 Å². The van der Waals surface area contributed by atoms with Crippen molar-refractivity contribution >= 4 is 29.2 Å². The quantitative estimate of drug-likeness (QED) is 0.662. The first kappa shape index (κ1) is 15.9. The first-order valence-electron chi connectivity index (χ1n) is 5.66. The molecule has 0 fully saturated rings. The van der Waals surface area contributed by atoms with Gasteiger partial charge in [0.25, 0.3) is 11.6 Å². The van der Waals surface area contributed by atoms with Crippen LogP contribution in [0, 0.1) is 16.0 Å². The molecule has 0 spiro atoms.